The van der Waals surface area contributed by atoms with Crippen LogP contribution in [0.5, 0.6) is 5.75 Å². The quantitative estimate of drug-likeness (QED) is 0.311. The summed E-state index contributed by atoms with van der Waals surface area (Å²) in [6, 6.07) is 22.6. The van der Waals surface area contributed by atoms with E-state index in [4.69, 9.17) is 9.72 Å². The van der Waals surface area contributed by atoms with Gasteiger partial charge in [0.05, 0.1) is 23.3 Å². The molecule has 3 aromatic carbocycles. The molecule has 1 unspecified atom stereocenters. The van der Waals surface area contributed by atoms with Gasteiger partial charge in [0.1, 0.15) is 17.4 Å². The van der Waals surface area contributed by atoms with Gasteiger partial charge in [0, 0.05) is 25.4 Å². The standard InChI is InChI=1S/C28H28FN3O2/c1-20-9-8-10-22(17-20)34-16-7-6-15-31-26-14-5-3-12-24(26)30-28(31)21-18-27(33)32(19-21)25-13-4-2-11-23(25)29/h2-5,8-14,17,21H,6-7,15-16,18-19H2,1H3. The lowest BCUT2D eigenvalue weighted by Crippen LogP contribution is -2.25. The number of carbonyl (C=O) groups excluding carboxylic acids is 1. The largest absolute Gasteiger partial charge is 0.494 e. The highest BCUT2D eigenvalue weighted by Gasteiger charge is 2.35. The second kappa shape index (κ2) is 9.67. The predicted molar refractivity (Wildman–Crippen MR) is 132 cm³/mol. The van der Waals surface area contributed by atoms with Crippen LogP contribution in [0.1, 0.15) is 36.6 Å². The molecular formula is C28H28FN3O2. The number of anilines is 1. The van der Waals surface area contributed by atoms with Gasteiger partial charge in [-0.15, -0.1) is 0 Å². The Morgan fingerprint density at radius 2 is 1.85 bits per heavy atom. The molecule has 0 N–H and O–H groups in total. The number of unbranched alkanes of at least 4 members (excludes halogenated alkanes) is 1. The van der Waals surface area contributed by atoms with Gasteiger partial charge in [0.2, 0.25) is 5.91 Å². The Morgan fingerprint density at radius 1 is 1.03 bits per heavy atom. The highest BCUT2D eigenvalue weighted by Crippen LogP contribution is 2.34. The van der Waals surface area contributed by atoms with Crippen LogP contribution in [0.2, 0.25) is 0 Å². The van der Waals surface area contributed by atoms with Crippen molar-refractivity contribution < 1.29 is 13.9 Å². The molecule has 1 amide bonds. The Hall–Kier alpha value is -3.67. The molecule has 1 aliphatic rings. The number of amides is 1. The number of rotatable bonds is 8. The third kappa shape index (κ3) is 4.53. The van der Waals surface area contributed by atoms with Crippen molar-refractivity contribution in [2.24, 2.45) is 0 Å². The number of carbonyl (C=O) groups is 1. The number of fused-ring (bicyclic) bond motifs is 1. The molecule has 0 saturated carbocycles. The first-order valence-electron chi connectivity index (χ1n) is 11.8. The SMILES string of the molecule is Cc1cccc(OCCCCn2c(C3CC(=O)N(c4ccccc4F)C3)nc3ccccc32)c1. The van der Waals surface area contributed by atoms with Crippen LogP contribution >= 0.6 is 0 Å². The molecule has 2 heterocycles. The van der Waals surface area contributed by atoms with Crippen LogP contribution in [0.15, 0.2) is 72.8 Å². The minimum atomic E-state index is -0.376. The first-order valence-corrected chi connectivity index (χ1v) is 11.8. The average Bonchev–Trinajstić information content (AvgIpc) is 3.40. The minimum Gasteiger partial charge on any atom is -0.494 e. The summed E-state index contributed by atoms with van der Waals surface area (Å²) < 4.78 is 22.5. The molecular weight excluding hydrogens is 429 g/mol. The van der Waals surface area contributed by atoms with Gasteiger partial charge in [0.25, 0.3) is 0 Å². The fourth-order valence-corrected chi connectivity index (χ4v) is 4.69. The summed E-state index contributed by atoms with van der Waals surface area (Å²) in [4.78, 5) is 19.3. The Morgan fingerprint density at radius 3 is 2.71 bits per heavy atom. The Kier molecular flexibility index (Phi) is 6.30. The van der Waals surface area contributed by atoms with Crippen molar-refractivity contribution in [1.29, 1.82) is 0 Å². The molecule has 1 saturated heterocycles. The second-order valence-corrected chi connectivity index (χ2v) is 8.84. The lowest BCUT2D eigenvalue weighted by molar-refractivity contribution is -0.117. The van der Waals surface area contributed by atoms with Gasteiger partial charge < -0.3 is 14.2 Å². The van der Waals surface area contributed by atoms with E-state index in [1.54, 1.807) is 23.1 Å². The minimum absolute atomic E-state index is 0.0692. The fourth-order valence-electron chi connectivity index (χ4n) is 4.69. The van der Waals surface area contributed by atoms with Crippen LogP contribution in [0, 0.1) is 12.7 Å². The van der Waals surface area contributed by atoms with E-state index in [0.717, 1.165) is 42.0 Å². The van der Waals surface area contributed by atoms with E-state index in [0.29, 0.717) is 25.3 Å². The highest BCUT2D eigenvalue weighted by molar-refractivity contribution is 5.96. The third-order valence-electron chi connectivity index (χ3n) is 6.35. The van der Waals surface area contributed by atoms with Crippen LogP contribution in [-0.2, 0) is 11.3 Å². The first kappa shape index (κ1) is 22.1. The third-order valence-corrected chi connectivity index (χ3v) is 6.35. The van der Waals surface area contributed by atoms with Crippen molar-refractivity contribution in [1.82, 2.24) is 9.55 Å². The number of imidazole rings is 1. The molecule has 0 radical (unpaired) electrons. The van der Waals surface area contributed by atoms with Gasteiger partial charge in [-0.05, 0) is 61.7 Å². The number of ether oxygens (including phenoxy) is 1. The van der Waals surface area contributed by atoms with Crippen molar-refractivity contribution in [3.63, 3.8) is 0 Å². The average molecular weight is 458 g/mol. The number of aromatic nitrogens is 2. The maximum absolute atomic E-state index is 14.3. The van der Waals surface area contributed by atoms with Gasteiger partial charge in [-0.2, -0.15) is 0 Å². The molecule has 0 bridgehead atoms. The topological polar surface area (TPSA) is 47.4 Å². The van der Waals surface area contributed by atoms with Crippen LogP contribution in [0.4, 0.5) is 10.1 Å². The molecule has 1 aliphatic heterocycles. The molecule has 1 atom stereocenters. The van der Waals surface area contributed by atoms with E-state index in [1.807, 2.05) is 36.4 Å². The summed E-state index contributed by atoms with van der Waals surface area (Å²) in [5, 5.41) is 0. The summed E-state index contributed by atoms with van der Waals surface area (Å²) in [6.07, 6.45) is 2.16. The molecule has 4 aromatic rings. The number of hydrogen-bond donors (Lipinski definition) is 0. The summed E-state index contributed by atoms with van der Waals surface area (Å²) in [6.45, 7) is 3.92. The lowest BCUT2D eigenvalue weighted by atomic mass is 10.1. The molecule has 174 valence electrons. The molecule has 6 heteroatoms. The Labute approximate surface area is 198 Å². The summed E-state index contributed by atoms with van der Waals surface area (Å²) in [5.41, 5.74) is 3.51. The van der Waals surface area contributed by atoms with Gasteiger partial charge in [-0.25, -0.2) is 9.37 Å². The molecule has 1 aromatic heterocycles. The second-order valence-electron chi connectivity index (χ2n) is 8.84. The number of hydrogen-bond acceptors (Lipinski definition) is 3. The Balaban J connectivity index is 1.30. The number of benzene rings is 3. The van der Waals surface area contributed by atoms with E-state index < -0.39 is 0 Å². The zero-order valence-electron chi connectivity index (χ0n) is 19.3. The van der Waals surface area contributed by atoms with Gasteiger partial charge in [-0.1, -0.05) is 36.4 Å². The number of halogens is 1. The molecule has 1 fully saturated rings. The molecule has 0 aliphatic carbocycles. The number of nitrogens with zero attached hydrogens (tertiary/aromatic N) is 3. The lowest BCUT2D eigenvalue weighted by Gasteiger charge is -2.18. The number of para-hydroxylation sites is 3. The van der Waals surface area contributed by atoms with E-state index in [1.165, 1.54) is 11.6 Å². The Bertz CT molecular complexity index is 1320. The van der Waals surface area contributed by atoms with Gasteiger partial charge >= 0.3 is 0 Å². The van der Waals surface area contributed by atoms with Crippen LogP contribution < -0.4 is 9.64 Å². The maximum atomic E-state index is 14.3. The van der Waals surface area contributed by atoms with E-state index in [-0.39, 0.29) is 17.6 Å². The number of aryl methyl sites for hydroxylation is 2. The highest BCUT2D eigenvalue weighted by atomic mass is 19.1. The van der Waals surface area contributed by atoms with Gasteiger partial charge in [-0.3, -0.25) is 4.79 Å². The van der Waals surface area contributed by atoms with Crippen molar-refractivity contribution in [2.75, 3.05) is 18.1 Å². The zero-order chi connectivity index (χ0) is 23.5. The monoisotopic (exact) mass is 457 g/mol. The fraction of sp³-hybridized carbons (Fsp3) is 0.286. The van der Waals surface area contributed by atoms with Crippen LogP contribution in [0.25, 0.3) is 11.0 Å². The maximum Gasteiger partial charge on any atom is 0.227 e. The zero-order valence-corrected chi connectivity index (χ0v) is 19.3. The van der Waals surface area contributed by atoms with E-state index in [9.17, 15) is 9.18 Å². The smallest absolute Gasteiger partial charge is 0.227 e. The van der Waals surface area contributed by atoms with Gasteiger partial charge in [0.15, 0.2) is 0 Å². The van der Waals surface area contributed by atoms with Crippen molar-refractivity contribution in [3.8, 4) is 5.75 Å². The van der Waals surface area contributed by atoms with Crippen LogP contribution in [-0.4, -0.2) is 28.6 Å². The molecule has 5 nitrogen and oxygen atoms in total. The first-order chi connectivity index (χ1) is 16.6. The molecule has 34 heavy (non-hydrogen) atoms. The van der Waals surface area contributed by atoms with Crippen molar-refractivity contribution in [3.05, 3.63) is 90.0 Å². The van der Waals surface area contributed by atoms with Crippen molar-refractivity contribution >= 4 is 22.6 Å². The van der Waals surface area contributed by atoms with E-state index >= 15 is 0 Å². The van der Waals surface area contributed by atoms with Crippen LogP contribution in [0.3, 0.4) is 0 Å². The molecule has 0 spiro atoms. The van der Waals surface area contributed by atoms with E-state index in [2.05, 4.69) is 23.6 Å². The summed E-state index contributed by atoms with van der Waals surface area (Å²) in [5.74, 6) is 1.27. The molecule has 5 rings (SSSR count). The van der Waals surface area contributed by atoms with Crippen molar-refractivity contribution in [2.45, 2.75) is 38.6 Å². The summed E-state index contributed by atoms with van der Waals surface area (Å²) >= 11 is 0. The summed E-state index contributed by atoms with van der Waals surface area (Å²) in [7, 11) is 0. The predicted octanol–water partition coefficient (Wildman–Crippen LogP) is 5.86. The normalized spacial score (nSPS) is 15.9.